The van der Waals surface area contributed by atoms with E-state index in [1.54, 1.807) is 24.5 Å². The fourth-order valence-corrected chi connectivity index (χ4v) is 4.33. The van der Waals surface area contributed by atoms with Crippen molar-refractivity contribution in [3.05, 3.63) is 65.1 Å². The number of hydrogen-bond donors (Lipinski definition) is 1. The van der Waals surface area contributed by atoms with Crippen LogP contribution in [0.1, 0.15) is 25.2 Å². The number of carbonyl (C=O) groups is 3. The van der Waals surface area contributed by atoms with E-state index in [1.807, 2.05) is 48.9 Å². The number of benzene rings is 1. The zero-order valence-corrected chi connectivity index (χ0v) is 18.1. The van der Waals surface area contributed by atoms with Crippen LogP contribution in [0.4, 0.5) is 4.79 Å². The van der Waals surface area contributed by atoms with E-state index >= 15 is 0 Å². The number of hydrogen-bond acceptors (Lipinski definition) is 5. The number of imide groups is 1. The van der Waals surface area contributed by atoms with Crippen molar-refractivity contribution in [2.45, 2.75) is 26.9 Å². The Labute approximate surface area is 184 Å². The Kier molecular flexibility index (Phi) is 5.99. The maximum Gasteiger partial charge on any atom is 0.293 e. The largest absolute Gasteiger partial charge is 0.467 e. The van der Waals surface area contributed by atoms with Crippen LogP contribution in [0.25, 0.3) is 17.0 Å². The first-order valence-corrected chi connectivity index (χ1v) is 10.9. The molecule has 0 unspecified atom stereocenters. The molecule has 8 heteroatoms. The third-order valence-corrected chi connectivity index (χ3v) is 5.79. The van der Waals surface area contributed by atoms with Gasteiger partial charge < -0.3 is 14.3 Å². The van der Waals surface area contributed by atoms with Gasteiger partial charge in [-0.25, -0.2) is 0 Å². The molecular weight excluding hydrogens is 414 g/mol. The molecule has 0 atom stereocenters. The van der Waals surface area contributed by atoms with Gasteiger partial charge in [0.2, 0.25) is 5.91 Å². The van der Waals surface area contributed by atoms with Gasteiger partial charge in [-0.1, -0.05) is 32.0 Å². The predicted molar refractivity (Wildman–Crippen MR) is 120 cm³/mol. The maximum absolute atomic E-state index is 12.7. The van der Waals surface area contributed by atoms with Crippen LogP contribution in [-0.4, -0.2) is 33.1 Å². The van der Waals surface area contributed by atoms with Gasteiger partial charge in [0, 0.05) is 29.2 Å². The summed E-state index contributed by atoms with van der Waals surface area (Å²) >= 11 is 0.957. The fraction of sp³-hybridized carbons (Fsp3) is 0.261. The van der Waals surface area contributed by atoms with Gasteiger partial charge in [0.1, 0.15) is 12.3 Å². The van der Waals surface area contributed by atoms with Gasteiger partial charge in [-0.2, -0.15) is 0 Å². The van der Waals surface area contributed by atoms with Crippen molar-refractivity contribution in [2.75, 3.05) is 6.54 Å². The van der Waals surface area contributed by atoms with Crippen molar-refractivity contribution in [3.63, 3.8) is 0 Å². The van der Waals surface area contributed by atoms with E-state index in [1.165, 1.54) is 4.90 Å². The molecule has 1 fully saturated rings. The smallest absolute Gasteiger partial charge is 0.293 e. The average Bonchev–Trinajstić information content (AvgIpc) is 3.43. The van der Waals surface area contributed by atoms with Crippen LogP contribution in [0.15, 0.2) is 58.2 Å². The fourth-order valence-electron chi connectivity index (χ4n) is 3.49. The number of thioether (sulfide) groups is 1. The van der Waals surface area contributed by atoms with Crippen molar-refractivity contribution in [2.24, 2.45) is 5.92 Å². The Morgan fingerprint density at radius 1 is 1.19 bits per heavy atom. The lowest BCUT2D eigenvalue weighted by atomic mass is 10.1. The van der Waals surface area contributed by atoms with E-state index < -0.39 is 0 Å². The highest BCUT2D eigenvalue weighted by atomic mass is 32.2. The minimum atomic E-state index is -0.267. The molecule has 1 aliphatic heterocycles. The van der Waals surface area contributed by atoms with Gasteiger partial charge in [0.15, 0.2) is 0 Å². The first-order chi connectivity index (χ1) is 14.9. The predicted octanol–water partition coefficient (Wildman–Crippen LogP) is 4.24. The molecule has 0 saturated carbocycles. The summed E-state index contributed by atoms with van der Waals surface area (Å²) in [5.74, 6) is 0.468. The number of furan rings is 1. The Balaban J connectivity index is 1.57. The second kappa shape index (κ2) is 8.85. The number of fused-ring (bicyclic) bond motifs is 1. The van der Waals surface area contributed by atoms with Crippen LogP contribution in [0.3, 0.4) is 0 Å². The van der Waals surface area contributed by atoms with Gasteiger partial charge in [-0.05, 0) is 42.0 Å². The number of rotatable bonds is 7. The van der Waals surface area contributed by atoms with Gasteiger partial charge in [-0.15, -0.1) is 0 Å². The molecule has 1 N–H and O–H groups in total. The molecule has 0 spiro atoms. The molecular formula is C23H23N3O4S. The van der Waals surface area contributed by atoms with Crippen molar-refractivity contribution >= 4 is 45.8 Å². The highest BCUT2D eigenvalue weighted by Gasteiger charge is 2.35. The summed E-state index contributed by atoms with van der Waals surface area (Å²) in [6.07, 6.45) is 5.15. The Hall–Kier alpha value is -3.26. The highest BCUT2D eigenvalue weighted by molar-refractivity contribution is 8.18. The molecule has 3 amide bonds. The minimum absolute atomic E-state index is 0.129. The standard InChI is InChI=1S/C23H23N3O4S/c1-15(2)12-26-22(28)20(31-23(26)29)10-16-13-25(19-8-4-3-7-18(16)19)14-21(27)24-11-17-6-5-9-30-17/h3-10,13,15H,11-12,14H2,1-2H3,(H,24,27)/b20-10-. The van der Waals surface area contributed by atoms with Crippen molar-refractivity contribution in [1.29, 1.82) is 0 Å². The summed E-state index contributed by atoms with van der Waals surface area (Å²) in [6.45, 7) is 4.79. The first-order valence-electron chi connectivity index (χ1n) is 10.0. The molecule has 0 radical (unpaired) electrons. The summed E-state index contributed by atoms with van der Waals surface area (Å²) in [5, 5.41) is 3.51. The van der Waals surface area contributed by atoms with Crippen LogP contribution in [0.2, 0.25) is 0 Å². The number of amides is 3. The third-order valence-electron chi connectivity index (χ3n) is 4.88. The van der Waals surface area contributed by atoms with Gasteiger partial charge >= 0.3 is 0 Å². The molecule has 3 aromatic rings. The molecule has 31 heavy (non-hydrogen) atoms. The van der Waals surface area contributed by atoms with E-state index in [0.29, 0.717) is 23.8 Å². The topological polar surface area (TPSA) is 84.6 Å². The first kappa shape index (κ1) is 21.0. The molecule has 7 nitrogen and oxygen atoms in total. The number of nitrogens with zero attached hydrogens (tertiary/aromatic N) is 2. The average molecular weight is 438 g/mol. The molecule has 0 aliphatic carbocycles. The molecule has 3 heterocycles. The van der Waals surface area contributed by atoms with E-state index in [2.05, 4.69) is 5.32 Å². The number of para-hydroxylation sites is 1. The summed E-state index contributed by atoms with van der Waals surface area (Å²) in [6, 6.07) is 11.3. The minimum Gasteiger partial charge on any atom is -0.467 e. The van der Waals surface area contributed by atoms with Gasteiger partial charge in [0.05, 0.1) is 17.7 Å². The summed E-state index contributed by atoms with van der Waals surface area (Å²) in [4.78, 5) is 39.1. The third kappa shape index (κ3) is 4.59. The van der Waals surface area contributed by atoms with Crippen LogP contribution >= 0.6 is 11.8 Å². The van der Waals surface area contributed by atoms with Crippen molar-refractivity contribution in [3.8, 4) is 0 Å². The zero-order valence-electron chi connectivity index (χ0n) is 17.3. The highest BCUT2D eigenvalue weighted by Crippen LogP contribution is 2.34. The van der Waals surface area contributed by atoms with Crippen molar-refractivity contribution < 1.29 is 18.8 Å². The summed E-state index contributed by atoms with van der Waals surface area (Å²) in [5.41, 5.74) is 1.67. The Morgan fingerprint density at radius 3 is 2.74 bits per heavy atom. The molecule has 1 aromatic carbocycles. The second-order valence-corrected chi connectivity index (χ2v) is 8.76. The van der Waals surface area contributed by atoms with Crippen molar-refractivity contribution in [1.82, 2.24) is 14.8 Å². The van der Waals surface area contributed by atoms with E-state index in [9.17, 15) is 14.4 Å². The van der Waals surface area contributed by atoms with Crippen LogP contribution in [-0.2, 0) is 22.7 Å². The van der Waals surface area contributed by atoms with Crippen LogP contribution in [0, 0.1) is 5.92 Å². The summed E-state index contributed by atoms with van der Waals surface area (Å²) < 4.78 is 7.08. The second-order valence-electron chi connectivity index (χ2n) is 7.77. The lowest BCUT2D eigenvalue weighted by molar-refractivity contribution is -0.123. The van der Waals surface area contributed by atoms with Gasteiger partial charge in [0.25, 0.3) is 11.1 Å². The maximum atomic E-state index is 12.7. The Bertz CT molecular complexity index is 1160. The molecule has 4 rings (SSSR count). The normalized spacial score (nSPS) is 15.6. The van der Waals surface area contributed by atoms with Crippen LogP contribution < -0.4 is 5.32 Å². The van der Waals surface area contributed by atoms with E-state index in [-0.39, 0.29) is 29.5 Å². The quantitative estimate of drug-likeness (QED) is 0.559. The zero-order chi connectivity index (χ0) is 22.0. The molecule has 160 valence electrons. The van der Waals surface area contributed by atoms with Gasteiger partial charge in [-0.3, -0.25) is 19.3 Å². The lowest BCUT2D eigenvalue weighted by Crippen LogP contribution is -2.31. The van der Waals surface area contributed by atoms with Crippen LogP contribution in [0.5, 0.6) is 0 Å². The molecule has 1 aliphatic rings. The molecule has 1 saturated heterocycles. The number of aromatic nitrogens is 1. The Morgan fingerprint density at radius 2 is 2.00 bits per heavy atom. The SMILES string of the molecule is CC(C)CN1C(=O)S/C(=C\c2cn(CC(=O)NCc3ccco3)c3ccccc23)C1=O. The summed E-state index contributed by atoms with van der Waals surface area (Å²) in [7, 11) is 0. The van der Waals surface area contributed by atoms with E-state index in [0.717, 1.165) is 28.2 Å². The molecule has 2 aromatic heterocycles. The van der Waals surface area contributed by atoms with E-state index in [4.69, 9.17) is 4.42 Å². The number of nitrogens with one attached hydrogen (secondary N) is 1. The molecule has 0 bridgehead atoms. The lowest BCUT2D eigenvalue weighted by Gasteiger charge is -2.14. The monoisotopic (exact) mass is 437 g/mol. The number of carbonyl (C=O) groups excluding carboxylic acids is 3.